The van der Waals surface area contributed by atoms with E-state index in [-0.39, 0.29) is 0 Å². The number of hydrogen-bond donors (Lipinski definition) is 2. The highest BCUT2D eigenvalue weighted by Gasteiger charge is 2.23. The average molecular weight is 284 g/mol. The summed E-state index contributed by atoms with van der Waals surface area (Å²) in [5.41, 5.74) is 0.801. The van der Waals surface area contributed by atoms with Gasteiger partial charge < -0.3 is 9.79 Å². The molecular weight excluding hydrogens is 263 g/mol. The molecular formula is C14H21O4P. The molecule has 0 aliphatic heterocycles. The summed E-state index contributed by atoms with van der Waals surface area (Å²) in [4.78, 5) is 17.9. The maximum Gasteiger partial charge on any atom is 0.470 e. The Balaban J connectivity index is 2.55. The van der Waals surface area contributed by atoms with Gasteiger partial charge in [0.2, 0.25) is 0 Å². The molecule has 0 saturated carbocycles. The highest BCUT2D eigenvalue weighted by molar-refractivity contribution is 7.46. The molecule has 5 heteroatoms. The summed E-state index contributed by atoms with van der Waals surface area (Å²) < 4.78 is 15.9. The Hall–Kier alpha value is -0.930. The zero-order chi connectivity index (χ0) is 14.1. The van der Waals surface area contributed by atoms with Crippen molar-refractivity contribution in [3.8, 4) is 0 Å². The van der Waals surface area contributed by atoms with Crippen LogP contribution in [0.4, 0.5) is 0 Å². The molecule has 0 aromatic heterocycles. The van der Waals surface area contributed by atoms with Crippen molar-refractivity contribution in [2.75, 3.05) is 0 Å². The lowest BCUT2D eigenvalue weighted by atomic mass is 10.0. The van der Waals surface area contributed by atoms with Crippen LogP contribution < -0.4 is 0 Å². The minimum atomic E-state index is -4.46. The zero-order valence-electron chi connectivity index (χ0n) is 10.9. The van der Waals surface area contributed by atoms with Crippen molar-refractivity contribution in [1.82, 2.24) is 0 Å². The molecule has 4 nitrogen and oxygen atoms in total. The van der Waals surface area contributed by atoms with E-state index >= 15 is 0 Å². The van der Waals surface area contributed by atoms with Crippen LogP contribution in [-0.2, 0) is 9.09 Å². The van der Waals surface area contributed by atoms with Crippen molar-refractivity contribution in [1.29, 1.82) is 0 Å². The molecule has 0 radical (unpaired) electrons. The van der Waals surface area contributed by atoms with E-state index < -0.39 is 13.9 Å². The normalized spacial score (nSPS) is 13.2. The number of benzene rings is 1. The molecule has 0 aliphatic rings. The van der Waals surface area contributed by atoms with Gasteiger partial charge in [0.25, 0.3) is 0 Å². The third kappa shape index (κ3) is 7.28. The summed E-state index contributed by atoms with van der Waals surface area (Å²) in [6, 6.07) is 9.18. The van der Waals surface area contributed by atoms with Gasteiger partial charge >= 0.3 is 7.82 Å². The Labute approximate surface area is 114 Å². The van der Waals surface area contributed by atoms with E-state index in [1.54, 1.807) is 0 Å². The van der Waals surface area contributed by atoms with Crippen molar-refractivity contribution >= 4 is 7.82 Å². The summed E-state index contributed by atoms with van der Waals surface area (Å²) >= 11 is 0. The number of phosphoric ester groups is 1. The number of phosphoric acid groups is 1. The molecule has 19 heavy (non-hydrogen) atoms. The summed E-state index contributed by atoms with van der Waals surface area (Å²) in [7, 11) is -4.46. The first-order valence-electron chi connectivity index (χ1n) is 6.42. The largest absolute Gasteiger partial charge is 0.470 e. The van der Waals surface area contributed by atoms with Crippen LogP contribution in [0.25, 0.3) is 0 Å². The first-order valence-corrected chi connectivity index (χ1v) is 7.96. The molecule has 1 aromatic rings. The van der Waals surface area contributed by atoms with Crippen LogP contribution in [0.5, 0.6) is 0 Å². The van der Waals surface area contributed by atoms with Gasteiger partial charge in [-0.2, -0.15) is 0 Å². The molecule has 1 atom stereocenters. The van der Waals surface area contributed by atoms with Crippen LogP contribution in [0.1, 0.15) is 43.8 Å². The van der Waals surface area contributed by atoms with Gasteiger partial charge in [-0.3, -0.25) is 4.52 Å². The Morgan fingerprint density at radius 3 is 2.47 bits per heavy atom. The highest BCUT2D eigenvalue weighted by atomic mass is 31.2. The molecule has 0 spiro atoms. The van der Waals surface area contributed by atoms with Crippen LogP contribution >= 0.6 is 7.82 Å². The van der Waals surface area contributed by atoms with Gasteiger partial charge in [0.1, 0.15) is 0 Å². The van der Waals surface area contributed by atoms with E-state index in [1.807, 2.05) is 36.4 Å². The van der Waals surface area contributed by atoms with Crippen molar-refractivity contribution in [3.63, 3.8) is 0 Å². The van der Waals surface area contributed by atoms with Crippen molar-refractivity contribution in [3.05, 3.63) is 48.6 Å². The van der Waals surface area contributed by atoms with Gasteiger partial charge in [0.15, 0.2) is 0 Å². The van der Waals surface area contributed by atoms with Crippen molar-refractivity contribution in [2.24, 2.45) is 0 Å². The molecule has 0 amide bonds. The molecule has 0 bridgehead atoms. The molecule has 0 aliphatic carbocycles. The Kier molecular flexibility index (Phi) is 7.03. The second kappa shape index (κ2) is 8.28. The van der Waals surface area contributed by atoms with E-state index in [9.17, 15) is 4.57 Å². The summed E-state index contributed by atoms with van der Waals surface area (Å²) in [5, 5.41) is 0. The van der Waals surface area contributed by atoms with E-state index in [1.165, 1.54) is 0 Å². The molecule has 1 unspecified atom stereocenters. The van der Waals surface area contributed by atoms with E-state index in [0.717, 1.165) is 31.2 Å². The van der Waals surface area contributed by atoms with Gasteiger partial charge in [-0.1, -0.05) is 49.2 Å². The monoisotopic (exact) mass is 284 g/mol. The van der Waals surface area contributed by atoms with Crippen LogP contribution in [0.15, 0.2) is 43.0 Å². The summed E-state index contributed by atoms with van der Waals surface area (Å²) in [6.07, 6.45) is 5.81. The predicted octanol–water partition coefficient (Wildman–Crippen LogP) is 3.97. The fraction of sp³-hybridized carbons (Fsp3) is 0.429. The second-order valence-corrected chi connectivity index (χ2v) is 5.61. The SMILES string of the molecule is C=CCCCCCC(OP(=O)(O)O)c1ccccc1. The van der Waals surface area contributed by atoms with E-state index in [4.69, 9.17) is 14.3 Å². The molecule has 1 rings (SSSR count). The standard InChI is InChI=1S/C14H21O4P/c1-2-3-4-5-9-12-14(18-19(15,16)17)13-10-7-6-8-11-13/h2,6-8,10-11,14H,1,3-5,9,12H2,(H2,15,16,17). The van der Waals surface area contributed by atoms with Gasteiger partial charge in [0, 0.05) is 0 Å². The number of rotatable bonds is 9. The first kappa shape index (κ1) is 16.1. The van der Waals surface area contributed by atoms with Crippen molar-refractivity contribution < 1.29 is 18.9 Å². The van der Waals surface area contributed by atoms with Gasteiger partial charge in [-0.25, -0.2) is 4.57 Å². The Morgan fingerprint density at radius 1 is 1.21 bits per heavy atom. The van der Waals surface area contributed by atoms with E-state index in [0.29, 0.717) is 6.42 Å². The maximum absolute atomic E-state index is 11.0. The fourth-order valence-corrected chi connectivity index (χ4v) is 2.47. The molecule has 0 heterocycles. The maximum atomic E-state index is 11.0. The van der Waals surface area contributed by atoms with Gasteiger partial charge in [0.05, 0.1) is 6.10 Å². The molecule has 106 valence electrons. The van der Waals surface area contributed by atoms with Crippen LogP contribution in [-0.4, -0.2) is 9.79 Å². The lowest BCUT2D eigenvalue weighted by molar-refractivity contribution is 0.125. The minimum absolute atomic E-state index is 0.550. The van der Waals surface area contributed by atoms with Crippen LogP contribution in [0.3, 0.4) is 0 Å². The van der Waals surface area contributed by atoms with Gasteiger partial charge in [-0.15, -0.1) is 6.58 Å². The fourth-order valence-electron chi connectivity index (χ4n) is 1.91. The molecule has 0 fully saturated rings. The number of allylic oxidation sites excluding steroid dienone is 1. The van der Waals surface area contributed by atoms with Crippen molar-refractivity contribution in [2.45, 2.75) is 38.2 Å². The van der Waals surface area contributed by atoms with Crippen LogP contribution in [0, 0.1) is 0 Å². The smallest absolute Gasteiger partial charge is 0.303 e. The second-order valence-electron chi connectivity index (χ2n) is 4.42. The zero-order valence-corrected chi connectivity index (χ0v) is 11.8. The lowest BCUT2D eigenvalue weighted by Crippen LogP contribution is -2.03. The highest BCUT2D eigenvalue weighted by Crippen LogP contribution is 2.43. The summed E-state index contributed by atoms with van der Waals surface area (Å²) in [5.74, 6) is 0. The number of hydrogen-bond acceptors (Lipinski definition) is 2. The Morgan fingerprint density at radius 2 is 1.89 bits per heavy atom. The topological polar surface area (TPSA) is 66.8 Å². The average Bonchev–Trinajstić information content (AvgIpc) is 2.37. The third-order valence-electron chi connectivity index (χ3n) is 2.81. The lowest BCUT2D eigenvalue weighted by Gasteiger charge is -2.18. The number of unbranched alkanes of at least 4 members (excludes halogenated alkanes) is 3. The quantitative estimate of drug-likeness (QED) is 0.409. The minimum Gasteiger partial charge on any atom is -0.303 e. The third-order valence-corrected chi connectivity index (χ3v) is 3.34. The Bertz CT molecular complexity index is 413. The van der Waals surface area contributed by atoms with Crippen LogP contribution in [0.2, 0.25) is 0 Å². The van der Waals surface area contributed by atoms with E-state index in [2.05, 4.69) is 6.58 Å². The molecule has 0 saturated heterocycles. The summed E-state index contributed by atoms with van der Waals surface area (Å²) in [6.45, 7) is 3.66. The molecule has 1 aromatic carbocycles. The molecule has 2 N–H and O–H groups in total. The van der Waals surface area contributed by atoms with Gasteiger partial charge in [-0.05, 0) is 24.8 Å². The first-order chi connectivity index (χ1) is 9.03. The predicted molar refractivity (Wildman–Crippen MR) is 75.6 cm³/mol.